The number of benzene rings is 2. The number of esters is 4. The fraction of sp³-hybridized carbons (Fsp3) is 0.542. The lowest BCUT2D eigenvalue weighted by Gasteiger charge is -2.34. The van der Waals surface area contributed by atoms with E-state index >= 15 is 0 Å². The predicted octanol–water partition coefficient (Wildman–Crippen LogP) is 9.36. The highest BCUT2D eigenvalue weighted by molar-refractivity contribution is 6.09. The first-order valence-electron chi connectivity index (χ1n) is 20.4. The minimum Gasteiger partial charge on any atom is -0.462 e. The second kappa shape index (κ2) is 18.0. The molecule has 4 rings (SSSR count). The zero-order valence-corrected chi connectivity index (χ0v) is 37.2. The van der Waals surface area contributed by atoms with Crippen molar-refractivity contribution >= 4 is 46.6 Å². The third-order valence-corrected chi connectivity index (χ3v) is 11.6. The van der Waals surface area contributed by atoms with E-state index in [1.54, 1.807) is 0 Å². The maximum absolute atomic E-state index is 13.0. The van der Waals surface area contributed by atoms with Crippen molar-refractivity contribution in [3.8, 4) is 11.5 Å². The Hall–Kier alpha value is -4.86. The van der Waals surface area contributed by atoms with E-state index in [4.69, 9.17) is 18.9 Å². The molecule has 314 valence electrons. The van der Waals surface area contributed by atoms with Gasteiger partial charge in [0.1, 0.15) is 24.7 Å². The maximum Gasteiger partial charge on any atom is 0.311 e. The summed E-state index contributed by atoms with van der Waals surface area (Å²) in [6.07, 6.45) is 0.874. The molecule has 2 aromatic carbocycles. The standard InChI is InChI=1S/C48H62O10/c1-25-27(3)45(29(5)33-23-35(49)31(7)43(41(25)33)47(9,10)11)57-39(53)19-15-17-37(51)55-21-22-56-38(52)18-16-20-40(54)58-46-28(4)26(2)42-34(30(46)6)24-36(50)32(8)44(42)48(12,13)14/h15-24H2,1-14H3. The van der Waals surface area contributed by atoms with Crippen molar-refractivity contribution in [1.82, 2.24) is 0 Å². The molecule has 0 radical (unpaired) electrons. The predicted molar refractivity (Wildman–Crippen MR) is 224 cm³/mol. The van der Waals surface area contributed by atoms with Crippen LogP contribution in [0.15, 0.2) is 11.1 Å². The zero-order chi connectivity index (χ0) is 43.6. The molecule has 0 unspecified atom stereocenters. The Labute approximate surface area is 344 Å². The Bertz CT molecular complexity index is 1980. The highest BCUT2D eigenvalue weighted by Gasteiger charge is 2.36. The molecule has 0 amide bonds. The number of ketones is 2. The van der Waals surface area contributed by atoms with E-state index in [-0.39, 0.29) is 87.0 Å². The Morgan fingerprint density at radius 2 is 0.776 bits per heavy atom. The number of fused-ring (bicyclic) bond motifs is 2. The first-order valence-corrected chi connectivity index (χ1v) is 20.4. The Morgan fingerprint density at radius 1 is 0.466 bits per heavy atom. The summed E-state index contributed by atoms with van der Waals surface area (Å²) in [5.41, 5.74) is 12.2. The monoisotopic (exact) mass is 798 g/mol. The van der Waals surface area contributed by atoms with E-state index in [0.717, 1.165) is 77.9 Å². The number of carbonyl (C=O) groups excluding carboxylic acids is 6. The van der Waals surface area contributed by atoms with Gasteiger partial charge >= 0.3 is 23.9 Å². The van der Waals surface area contributed by atoms with Gasteiger partial charge in [-0.3, -0.25) is 28.8 Å². The maximum atomic E-state index is 13.0. The summed E-state index contributed by atoms with van der Waals surface area (Å²) in [6, 6.07) is 0. The smallest absolute Gasteiger partial charge is 0.311 e. The minimum absolute atomic E-state index is 0.00716. The SMILES string of the molecule is CC1=C(C(C)(C)C)c2c(C)c(C)c(OC(=O)CCCC(=O)OCCOC(=O)CCCC(=O)Oc3c(C)c(C)c4c(c3C)CC(=O)C(C)=C4C(C)(C)C)c(C)c2CC1=O. The topological polar surface area (TPSA) is 139 Å². The molecule has 0 N–H and O–H groups in total. The van der Waals surface area contributed by atoms with Gasteiger partial charge in [0.25, 0.3) is 0 Å². The van der Waals surface area contributed by atoms with Gasteiger partial charge in [0.15, 0.2) is 11.6 Å². The first-order chi connectivity index (χ1) is 26.9. The molecule has 2 aromatic rings. The lowest BCUT2D eigenvalue weighted by molar-refractivity contribution is -0.152. The van der Waals surface area contributed by atoms with E-state index in [9.17, 15) is 28.8 Å². The second-order valence-electron chi connectivity index (χ2n) is 17.9. The summed E-state index contributed by atoms with van der Waals surface area (Å²) in [6.45, 7) is 27.7. The summed E-state index contributed by atoms with van der Waals surface area (Å²) in [5.74, 6) is -0.987. The number of hydrogen-bond acceptors (Lipinski definition) is 10. The van der Waals surface area contributed by atoms with E-state index in [0.29, 0.717) is 11.5 Å². The van der Waals surface area contributed by atoms with E-state index in [1.165, 1.54) is 0 Å². The lowest BCUT2D eigenvalue weighted by atomic mass is 9.70. The largest absolute Gasteiger partial charge is 0.462 e. The molecular formula is C48H62O10. The van der Waals surface area contributed by atoms with Crippen molar-refractivity contribution in [3.63, 3.8) is 0 Å². The van der Waals surface area contributed by atoms with Gasteiger partial charge in [0.05, 0.1) is 0 Å². The van der Waals surface area contributed by atoms with Gasteiger partial charge in [-0.2, -0.15) is 0 Å². The molecule has 2 aliphatic carbocycles. The third-order valence-electron chi connectivity index (χ3n) is 11.6. The average Bonchev–Trinajstić information content (AvgIpc) is 3.12. The molecule has 0 aliphatic heterocycles. The number of rotatable bonds is 13. The average molecular weight is 799 g/mol. The molecule has 10 heteroatoms. The highest BCUT2D eigenvalue weighted by atomic mass is 16.6. The summed E-state index contributed by atoms with van der Waals surface area (Å²) in [5, 5.41) is 0. The molecule has 2 aliphatic rings. The molecule has 58 heavy (non-hydrogen) atoms. The molecule has 0 heterocycles. The van der Waals surface area contributed by atoms with Crippen LogP contribution in [0.4, 0.5) is 0 Å². The fourth-order valence-corrected chi connectivity index (χ4v) is 8.46. The van der Waals surface area contributed by atoms with Crippen LogP contribution in [-0.2, 0) is 51.1 Å². The van der Waals surface area contributed by atoms with Crippen LogP contribution < -0.4 is 9.47 Å². The van der Waals surface area contributed by atoms with Crippen LogP contribution in [0.3, 0.4) is 0 Å². The number of ether oxygens (including phenoxy) is 4. The molecule has 0 aromatic heterocycles. The summed E-state index contributed by atoms with van der Waals surface area (Å²) in [4.78, 5) is 76.4. The normalized spacial score (nSPS) is 14.3. The fourth-order valence-electron chi connectivity index (χ4n) is 8.46. The van der Waals surface area contributed by atoms with Crippen LogP contribution in [0.2, 0.25) is 0 Å². The van der Waals surface area contributed by atoms with Crippen LogP contribution in [0.25, 0.3) is 11.1 Å². The molecule has 0 fully saturated rings. The molecular weight excluding hydrogens is 737 g/mol. The minimum atomic E-state index is -0.535. The van der Waals surface area contributed by atoms with E-state index < -0.39 is 23.9 Å². The van der Waals surface area contributed by atoms with Gasteiger partial charge < -0.3 is 18.9 Å². The molecule has 0 spiro atoms. The van der Waals surface area contributed by atoms with Crippen molar-refractivity contribution in [1.29, 1.82) is 0 Å². The van der Waals surface area contributed by atoms with Crippen LogP contribution in [0.5, 0.6) is 11.5 Å². The van der Waals surface area contributed by atoms with Crippen molar-refractivity contribution in [2.75, 3.05) is 13.2 Å². The van der Waals surface area contributed by atoms with E-state index in [1.807, 2.05) is 55.4 Å². The van der Waals surface area contributed by atoms with Gasteiger partial charge in [-0.25, -0.2) is 0 Å². The number of Topliss-reactive ketones (excluding diaryl/α,β-unsaturated/α-hetero) is 2. The summed E-state index contributed by atoms with van der Waals surface area (Å²) < 4.78 is 22.0. The second-order valence-corrected chi connectivity index (χ2v) is 17.9. The van der Waals surface area contributed by atoms with Crippen molar-refractivity contribution in [3.05, 3.63) is 66.8 Å². The van der Waals surface area contributed by atoms with Crippen LogP contribution in [0.1, 0.15) is 150 Å². The molecule has 0 saturated heterocycles. The third kappa shape index (κ3) is 9.87. The van der Waals surface area contributed by atoms with Gasteiger partial charge in [-0.05, 0) is 157 Å². The number of hydrogen-bond donors (Lipinski definition) is 0. The van der Waals surface area contributed by atoms with Crippen LogP contribution >= 0.6 is 0 Å². The summed E-state index contributed by atoms with van der Waals surface area (Å²) >= 11 is 0. The number of carbonyl (C=O) groups is 6. The van der Waals surface area contributed by atoms with Gasteiger partial charge in [0, 0.05) is 38.5 Å². The van der Waals surface area contributed by atoms with E-state index in [2.05, 4.69) is 41.5 Å². The quantitative estimate of drug-likeness (QED) is 0.109. The lowest BCUT2D eigenvalue weighted by Crippen LogP contribution is -2.24. The van der Waals surface area contributed by atoms with Crippen molar-refractivity contribution in [2.45, 2.75) is 148 Å². The zero-order valence-electron chi connectivity index (χ0n) is 37.2. The van der Waals surface area contributed by atoms with Gasteiger partial charge in [-0.1, -0.05) is 41.5 Å². The molecule has 10 nitrogen and oxygen atoms in total. The van der Waals surface area contributed by atoms with Gasteiger partial charge in [0.2, 0.25) is 0 Å². The van der Waals surface area contributed by atoms with Crippen LogP contribution in [0, 0.1) is 52.4 Å². The Balaban J connectivity index is 1.19. The van der Waals surface area contributed by atoms with Crippen molar-refractivity contribution in [2.24, 2.45) is 10.8 Å². The van der Waals surface area contributed by atoms with Crippen LogP contribution in [-0.4, -0.2) is 48.7 Å². The number of allylic oxidation sites excluding steroid dienone is 4. The van der Waals surface area contributed by atoms with Gasteiger partial charge in [-0.15, -0.1) is 0 Å². The summed E-state index contributed by atoms with van der Waals surface area (Å²) in [7, 11) is 0. The van der Waals surface area contributed by atoms with Crippen molar-refractivity contribution < 1.29 is 47.7 Å². The Morgan fingerprint density at radius 3 is 1.09 bits per heavy atom. The molecule has 0 saturated carbocycles. The molecule has 0 bridgehead atoms. The molecule has 0 atom stereocenters. The highest BCUT2D eigenvalue weighted by Crippen LogP contribution is 2.48. The first kappa shape index (κ1) is 45.8. The Kier molecular flexibility index (Phi) is 14.2.